The number of aliphatic hydroxyl groups excluding tert-OH is 1. The number of ether oxygens (including phenoxy) is 4. The Morgan fingerprint density at radius 3 is 2.45 bits per heavy atom. The fraction of sp³-hybridized carbons (Fsp3) is 0.676. The third kappa shape index (κ3) is 8.85. The van der Waals surface area contributed by atoms with Gasteiger partial charge >= 0.3 is 18.0 Å². The maximum Gasteiger partial charge on any atom is 0.408 e. The van der Waals surface area contributed by atoms with Gasteiger partial charge in [-0.05, 0) is 57.6 Å². The van der Waals surface area contributed by atoms with Crippen LogP contribution in [0.25, 0.3) is 5.52 Å². The van der Waals surface area contributed by atoms with Crippen LogP contribution in [0.3, 0.4) is 0 Å². The van der Waals surface area contributed by atoms with Gasteiger partial charge in [0.25, 0.3) is 0 Å². The molecule has 0 aromatic carbocycles. The van der Waals surface area contributed by atoms with Gasteiger partial charge in [-0.2, -0.15) is 10.4 Å². The van der Waals surface area contributed by atoms with Crippen molar-refractivity contribution >= 4 is 35.3 Å². The zero-order valence-corrected chi connectivity index (χ0v) is 29.2. The van der Waals surface area contributed by atoms with E-state index in [9.17, 15) is 29.5 Å². The summed E-state index contributed by atoms with van der Waals surface area (Å²) in [6.45, 7) is 11.4. The van der Waals surface area contributed by atoms with Crippen LogP contribution in [-0.4, -0.2) is 80.2 Å². The fourth-order valence-corrected chi connectivity index (χ4v) is 6.01. The monoisotopic (exact) mass is 684 g/mol. The van der Waals surface area contributed by atoms with Crippen molar-refractivity contribution in [1.29, 1.82) is 5.26 Å². The van der Waals surface area contributed by atoms with Crippen molar-refractivity contribution in [1.82, 2.24) is 19.9 Å². The molecular formula is C34H48N6O9. The molecule has 0 unspecified atom stereocenters. The molecule has 15 nitrogen and oxygen atoms in total. The third-order valence-corrected chi connectivity index (χ3v) is 8.63. The highest BCUT2D eigenvalue weighted by Gasteiger charge is 2.60. The molecule has 4 rings (SSSR count). The second-order valence-electron chi connectivity index (χ2n) is 14.4. The van der Waals surface area contributed by atoms with Crippen LogP contribution in [0.5, 0.6) is 0 Å². The quantitative estimate of drug-likeness (QED) is 0.229. The van der Waals surface area contributed by atoms with E-state index in [-0.39, 0.29) is 35.7 Å². The number of carbonyl (C=O) groups is 4. The Hall–Kier alpha value is -4.29. The van der Waals surface area contributed by atoms with E-state index in [1.54, 1.807) is 54.5 Å². The highest BCUT2D eigenvalue weighted by Crippen LogP contribution is 2.42. The second kappa shape index (κ2) is 15.5. The predicted molar refractivity (Wildman–Crippen MR) is 175 cm³/mol. The van der Waals surface area contributed by atoms with Crippen molar-refractivity contribution in [3.05, 3.63) is 24.2 Å². The molecule has 0 spiro atoms. The number of nitrogens with zero attached hydrogens (tertiary/aromatic N) is 4. The van der Waals surface area contributed by atoms with E-state index < -0.39 is 66.1 Å². The van der Waals surface area contributed by atoms with E-state index in [2.05, 4.69) is 20.7 Å². The number of rotatable bonds is 11. The summed E-state index contributed by atoms with van der Waals surface area (Å²) in [6, 6.07) is 3.88. The van der Waals surface area contributed by atoms with Crippen LogP contribution in [0, 0.1) is 29.1 Å². The molecule has 1 aliphatic carbocycles. The van der Waals surface area contributed by atoms with Gasteiger partial charge in [-0.15, -0.1) is 0 Å². The summed E-state index contributed by atoms with van der Waals surface area (Å²) < 4.78 is 24.3. The van der Waals surface area contributed by atoms with E-state index >= 15 is 0 Å². The smallest absolute Gasteiger partial charge is 0.408 e. The van der Waals surface area contributed by atoms with Crippen LogP contribution in [0.1, 0.15) is 92.7 Å². The minimum absolute atomic E-state index is 0.0596. The average molecular weight is 685 g/mol. The Bertz CT molecular complexity index is 1560. The van der Waals surface area contributed by atoms with E-state index in [1.807, 2.05) is 6.07 Å². The van der Waals surface area contributed by atoms with Crippen LogP contribution in [0.4, 0.5) is 10.6 Å². The van der Waals surface area contributed by atoms with Crippen LogP contribution < -0.4 is 10.6 Å². The van der Waals surface area contributed by atoms with Crippen LogP contribution in [-0.2, 0) is 38.9 Å². The number of hydrogen-bond acceptors (Lipinski definition) is 12. The summed E-state index contributed by atoms with van der Waals surface area (Å²) in [4.78, 5) is 55.7. The molecule has 2 aromatic heterocycles. The number of nitriles is 1. The Kier molecular flexibility index (Phi) is 11.9. The molecule has 1 aliphatic heterocycles. The third-order valence-electron chi connectivity index (χ3n) is 8.63. The summed E-state index contributed by atoms with van der Waals surface area (Å²) in [7, 11) is 0. The van der Waals surface area contributed by atoms with Gasteiger partial charge in [0.1, 0.15) is 48.4 Å². The van der Waals surface area contributed by atoms with Crippen molar-refractivity contribution in [2.45, 2.75) is 123 Å². The number of aromatic nitrogens is 3. The molecule has 0 radical (unpaired) electrons. The summed E-state index contributed by atoms with van der Waals surface area (Å²) >= 11 is 0. The van der Waals surface area contributed by atoms with E-state index in [1.165, 1.54) is 16.9 Å². The molecule has 1 saturated heterocycles. The van der Waals surface area contributed by atoms with Gasteiger partial charge in [0, 0.05) is 12.3 Å². The first-order valence-electron chi connectivity index (χ1n) is 16.8. The molecule has 0 bridgehead atoms. The number of nitrogens with one attached hydrogen (secondary N) is 2. The molecule has 15 heteroatoms. The number of fused-ring (bicyclic) bond motifs is 1. The van der Waals surface area contributed by atoms with Gasteiger partial charge in [-0.3, -0.25) is 9.59 Å². The molecule has 3 N–H and O–H groups in total. The number of amides is 2. The van der Waals surface area contributed by atoms with Crippen LogP contribution in [0.2, 0.25) is 0 Å². The summed E-state index contributed by atoms with van der Waals surface area (Å²) in [5.74, 6) is -2.11. The second-order valence-corrected chi connectivity index (χ2v) is 14.4. The predicted octanol–water partition coefficient (Wildman–Crippen LogP) is 3.78. The number of anilines is 1. The summed E-state index contributed by atoms with van der Waals surface area (Å²) in [5, 5.41) is 31.9. The van der Waals surface area contributed by atoms with E-state index in [0.717, 1.165) is 32.1 Å². The zero-order chi connectivity index (χ0) is 36.1. The molecular weight excluding hydrogens is 636 g/mol. The van der Waals surface area contributed by atoms with Crippen LogP contribution in [0.15, 0.2) is 18.5 Å². The Labute approximate surface area is 286 Å². The van der Waals surface area contributed by atoms with Gasteiger partial charge in [-0.25, -0.2) is 19.1 Å². The largest absolute Gasteiger partial charge is 0.463 e. The summed E-state index contributed by atoms with van der Waals surface area (Å²) in [5.41, 5.74) is -2.62. The van der Waals surface area contributed by atoms with E-state index in [0.29, 0.717) is 5.52 Å². The van der Waals surface area contributed by atoms with Gasteiger partial charge < -0.3 is 34.7 Å². The number of alkyl carbamates (subject to hydrolysis) is 1. The SMILES string of the molecule is CC(C)C(=O)Nc1ncnn2c([C@]3(C#N)O[C@H](COC(=O)CC4CCCCC4)[C@@H](OC(=O)[C@@H](NC(=O)OC(C)(C)C)C(C)C)[C@H]3O)ccc12. The molecule has 2 aromatic rings. The lowest BCUT2D eigenvalue weighted by molar-refractivity contribution is -0.163. The zero-order valence-electron chi connectivity index (χ0n) is 29.2. The molecule has 2 amide bonds. The number of aliphatic hydroxyl groups is 1. The lowest BCUT2D eigenvalue weighted by Gasteiger charge is -2.28. The van der Waals surface area contributed by atoms with Crippen molar-refractivity contribution in [2.75, 3.05) is 11.9 Å². The number of hydrogen-bond donors (Lipinski definition) is 3. The lowest BCUT2D eigenvalue weighted by atomic mass is 9.87. The van der Waals surface area contributed by atoms with Gasteiger partial charge in [0.15, 0.2) is 11.9 Å². The van der Waals surface area contributed by atoms with E-state index in [4.69, 9.17) is 18.9 Å². The average Bonchev–Trinajstić information content (AvgIpc) is 3.58. The minimum Gasteiger partial charge on any atom is -0.463 e. The number of esters is 2. The summed E-state index contributed by atoms with van der Waals surface area (Å²) in [6.07, 6.45) is 1.03. The van der Waals surface area contributed by atoms with Crippen molar-refractivity contribution in [3.8, 4) is 6.07 Å². The Balaban J connectivity index is 1.65. The first-order chi connectivity index (χ1) is 23.1. The molecule has 2 aliphatic rings. The molecule has 1 saturated carbocycles. The van der Waals surface area contributed by atoms with Crippen molar-refractivity contribution < 1.29 is 43.2 Å². The number of carbonyl (C=O) groups excluding carboxylic acids is 4. The molecule has 268 valence electrons. The first kappa shape index (κ1) is 37.5. The Morgan fingerprint density at radius 2 is 1.84 bits per heavy atom. The molecule has 49 heavy (non-hydrogen) atoms. The van der Waals surface area contributed by atoms with Crippen LogP contribution >= 0.6 is 0 Å². The lowest BCUT2D eigenvalue weighted by Crippen LogP contribution is -2.50. The standard InChI is InChI=1S/C34H48N6O9/c1-19(2)26(38-32(45)49-33(5,6)7)31(44)47-27-23(16-46-25(41)15-21-11-9-8-10-12-21)48-34(17-35,28(27)42)24-14-13-22-29(36-18-37-40(22)24)39-30(43)20(3)4/h13-14,18-21,23,26-28,42H,8-12,15-16H2,1-7H3,(H,38,45)(H,36,37,39,43)/t23-,26+,27-,28-,34+/m1/s1. The fourth-order valence-electron chi connectivity index (χ4n) is 6.01. The first-order valence-corrected chi connectivity index (χ1v) is 16.8. The van der Waals surface area contributed by atoms with Gasteiger partial charge in [0.2, 0.25) is 11.5 Å². The maximum atomic E-state index is 13.6. The molecule has 5 atom stereocenters. The highest BCUT2D eigenvalue weighted by atomic mass is 16.6. The van der Waals surface area contributed by atoms with Crippen molar-refractivity contribution in [2.24, 2.45) is 17.8 Å². The topological polar surface area (TPSA) is 203 Å². The molecule has 3 heterocycles. The normalized spacial score (nSPS) is 23.6. The van der Waals surface area contributed by atoms with Gasteiger partial charge in [-0.1, -0.05) is 47.0 Å². The minimum atomic E-state index is -2.17. The van der Waals surface area contributed by atoms with Crippen molar-refractivity contribution in [3.63, 3.8) is 0 Å². The maximum absolute atomic E-state index is 13.6. The van der Waals surface area contributed by atoms with Gasteiger partial charge in [0.05, 0.1) is 5.69 Å². The molecule has 2 fully saturated rings. The Morgan fingerprint density at radius 1 is 1.14 bits per heavy atom. The highest BCUT2D eigenvalue weighted by molar-refractivity contribution is 5.94.